The van der Waals surface area contributed by atoms with Gasteiger partial charge in [-0.1, -0.05) is 39.8 Å². The van der Waals surface area contributed by atoms with Gasteiger partial charge in [-0.3, -0.25) is 14.5 Å². The van der Waals surface area contributed by atoms with Crippen molar-refractivity contribution in [2.45, 2.75) is 32.6 Å². The van der Waals surface area contributed by atoms with Crippen molar-refractivity contribution in [2.24, 2.45) is 11.8 Å². The summed E-state index contributed by atoms with van der Waals surface area (Å²) in [5, 5.41) is 2.75. The lowest BCUT2D eigenvalue weighted by Gasteiger charge is -2.29. The highest BCUT2D eigenvalue weighted by Crippen LogP contribution is 2.30. The Hall–Kier alpha value is -2.71. The first-order valence-corrected chi connectivity index (χ1v) is 11.8. The Balaban J connectivity index is 1.87. The SMILES string of the molecule is CC(C)CN(CC(C)C)S(=O)(=O)c1ccc(C(=O)N2CC(=O)Nc3ccccc32)cc1. The summed E-state index contributed by atoms with van der Waals surface area (Å²) in [5.41, 5.74) is 1.51. The zero-order chi connectivity index (χ0) is 22.8. The molecule has 2 aromatic carbocycles. The summed E-state index contributed by atoms with van der Waals surface area (Å²) < 4.78 is 27.8. The Morgan fingerprint density at radius 1 is 1.00 bits per heavy atom. The number of fused-ring (bicyclic) bond motifs is 1. The number of benzene rings is 2. The second-order valence-corrected chi connectivity index (χ2v) is 10.5. The predicted octanol–water partition coefficient (Wildman–Crippen LogP) is 3.59. The van der Waals surface area contributed by atoms with Crippen LogP contribution >= 0.6 is 0 Å². The van der Waals surface area contributed by atoms with E-state index >= 15 is 0 Å². The quantitative estimate of drug-likeness (QED) is 0.709. The molecular formula is C23H29N3O4S. The zero-order valence-electron chi connectivity index (χ0n) is 18.3. The lowest BCUT2D eigenvalue weighted by Crippen LogP contribution is -2.42. The molecular weight excluding hydrogens is 414 g/mol. The monoisotopic (exact) mass is 443 g/mol. The van der Waals surface area contributed by atoms with Crippen LogP contribution in [-0.2, 0) is 14.8 Å². The van der Waals surface area contributed by atoms with Crippen molar-refractivity contribution >= 4 is 33.2 Å². The third-order valence-electron chi connectivity index (χ3n) is 4.89. The molecule has 3 rings (SSSR count). The number of anilines is 2. The summed E-state index contributed by atoms with van der Waals surface area (Å²) in [6, 6.07) is 13.0. The number of sulfonamides is 1. The van der Waals surface area contributed by atoms with E-state index in [0.717, 1.165) is 0 Å². The second kappa shape index (κ2) is 9.20. The minimum Gasteiger partial charge on any atom is -0.323 e. The van der Waals surface area contributed by atoms with Crippen LogP contribution in [0, 0.1) is 11.8 Å². The van der Waals surface area contributed by atoms with Gasteiger partial charge in [0.2, 0.25) is 15.9 Å². The summed E-state index contributed by atoms with van der Waals surface area (Å²) in [6.45, 7) is 8.71. The molecule has 0 atom stereocenters. The molecule has 7 nitrogen and oxygen atoms in total. The Morgan fingerprint density at radius 3 is 2.16 bits per heavy atom. The smallest absolute Gasteiger partial charge is 0.258 e. The molecule has 31 heavy (non-hydrogen) atoms. The van der Waals surface area contributed by atoms with Gasteiger partial charge in [-0.05, 0) is 48.2 Å². The predicted molar refractivity (Wildman–Crippen MR) is 122 cm³/mol. The van der Waals surface area contributed by atoms with Crippen LogP contribution in [0.3, 0.4) is 0 Å². The Morgan fingerprint density at radius 2 is 1.58 bits per heavy atom. The molecule has 1 aliphatic heterocycles. The van der Waals surface area contributed by atoms with Crippen LogP contribution in [0.15, 0.2) is 53.4 Å². The van der Waals surface area contributed by atoms with E-state index in [9.17, 15) is 18.0 Å². The van der Waals surface area contributed by atoms with Gasteiger partial charge in [0.05, 0.1) is 16.3 Å². The normalized spacial score (nSPS) is 14.2. The molecule has 0 saturated heterocycles. The molecule has 8 heteroatoms. The first-order chi connectivity index (χ1) is 14.6. The molecule has 0 aliphatic carbocycles. The lowest BCUT2D eigenvalue weighted by atomic mass is 10.1. The number of nitrogens with one attached hydrogen (secondary N) is 1. The maximum Gasteiger partial charge on any atom is 0.258 e. The number of carbonyl (C=O) groups is 2. The average Bonchev–Trinajstić information content (AvgIpc) is 2.71. The standard InChI is InChI=1S/C23H29N3O4S/c1-16(2)13-25(14-17(3)4)31(29,30)19-11-9-18(10-12-19)23(28)26-15-22(27)24-20-7-5-6-8-21(20)26/h5-12,16-17H,13-15H2,1-4H3,(H,24,27). The van der Waals surface area contributed by atoms with Gasteiger partial charge in [0, 0.05) is 18.7 Å². The van der Waals surface area contributed by atoms with Gasteiger partial charge in [0.15, 0.2) is 0 Å². The molecule has 1 N–H and O–H groups in total. The van der Waals surface area contributed by atoms with Crippen LogP contribution in [0.4, 0.5) is 11.4 Å². The highest BCUT2D eigenvalue weighted by Gasteiger charge is 2.29. The van der Waals surface area contributed by atoms with Gasteiger partial charge in [-0.15, -0.1) is 0 Å². The highest BCUT2D eigenvalue weighted by molar-refractivity contribution is 7.89. The van der Waals surface area contributed by atoms with Crippen molar-refractivity contribution in [1.29, 1.82) is 0 Å². The number of amides is 2. The van der Waals surface area contributed by atoms with E-state index in [0.29, 0.717) is 30.0 Å². The summed E-state index contributed by atoms with van der Waals surface area (Å²) >= 11 is 0. The zero-order valence-corrected chi connectivity index (χ0v) is 19.1. The van der Waals surface area contributed by atoms with Crippen LogP contribution in [0.25, 0.3) is 0 Å². The van der Waals surface area contributed by atoms with Gasteiger partial charge in [-0.2, -0.15) is 4.31 Å². The van der Waals surface area contributed by atoms with Crippen molar-refractivity contribution in [3.05, 3.63) is 54.1 Å². The van der Waals surface area contributed by atoms with Crippen molar-refractivity contribution in [3.63, 3.8) is 0 Å². The van der Waals surface area contributed by atoms with E-state index in [-0.39, 0.29) is 35.1 Å². The van der Waals surface area contributed by atoms with E-state index in [1.54, 1.807) is 24.3 Å². The van der Waals surface area contributed by atoms with Crippen molar-refractivity contribution in [2.75, 3.05) is 29.9 Å². The minimum atomic E-state index is -3.67. The van der Waals surface area contributed by atoms with E-state index in [1.807, 2.05) is 27.7 Å². The Labute approximate surface area is 184 Å². The van der Waals surface area contributed by atoms with E-state index < -0.39 is 10.0 Å². The third-order valence-corrected chi connectivity index (χ3v) is 6.74. The number of carbonyl (C=O) groups excluding carboxylic acids is 2. The van der Waals surface area contributed by atoms with Gasteiger partial charge in [-0.25, -0.2) is 8.42 Å². The van der Waals surface area contributed by atoms with Crippen LogP contribution < -0.4 is 10.2 Å². The van der Waals surface area contributed by atoms with E-state index in [1.165, 1.54) is 33.5 Å². The maximum absolute atomic E-state index is 13.2. The maximum atomic E-state index is 13.2. The molecule has 2 amide bonds. The van der Waals surface area contributed by atoms with Gasteiger partial charge >= 0.3 is 0 Å². The molecule has 2 aromatic rings. The van der Waals surface area contributed by atoms with E-state index in [2.05, 4.69) is 5.32 Å². The first-order valence-electron chi connectivity index (χ1n) is 10.4. The summed E-state index contributed by atoms with van der Waals surface area (Å²) in [6.07, 6.45) is 0. The number of rotatable bonds is 7. The van der Waals surface area contributed by atoms with Crippen molar-refractivity contribution in [3.8, 4) is 0 Å². The molecule has 0 radical (unpaired) electrons. The Bertz CT molecular complexity index is 1050. The molecule has 0 aromatic heterocycles. The fourth-order valence-electron chi connectivity index (χ4n) is 3.57. The van der Waals surface area contributed by atoms with Gasteiger partial charge in [0.25, 0.3) is 5.91 Å². The fraction of sp³-hybridized carbons (Fsp3) is 0.391. The molecule has 0 unspecified atom stereocenters. The van der Waals surface area contributed by atoms with Crippen LogP contribution in [0.1, 0.15) is 38.1 Å². The summed E-state index contributed by atoms with van der Waals surface area (Å²) in [4.78, 5) is 26.7. The second-order valence-electron chi connectivity index (χ2n) is 8.59. The Kier molecular flexibility index (Phi) is 6.81. The van der Waals surface area contributed by atoms with Crippen molar-refractivity contribution < 1.29 is 18.0 Å². The summed E-state index contributed by atoms with van der Waals surface area (Å²) in [7, 11) is -3.67. The van der Waals surface area contributed by atoms with Crippen LogP contribution in [0.2, 0.25) is 0 Å². The van der Waals surface area contributed by atoms with Crippen LogP contribution in [0.5, 0.6) is 0 Å². The topological polar surface area (TPSA) is 86.8 Å². The largest absolute Gasteiger partial charge is 0.323 e. The number of nitrogens with zero attached hydrogens (tertiary/aromatic N) is 2. The molecule has 1 heterocycles. The first kappa shape index (κ1) is 23.0. The fourth-order valence-corrected chi connectivity index (χ4v) is 5.34. The number of hydrogen-bond acceptors (Lipinski definition) is 4. The minimum absolute atomic E-state index is 0.0908. The molecule has 0 bridgehead atoms. The molecule has 1 aliphatic rings. The lowest BCUT2D eigenvalue weighted by molar-refractivity contribution is -0.115. The van der Waals surface area contributed by atoms with Crippen molar-refractivity contribution in [1.82, 2.24) is 4.31 Å². The third kappa shape index (κ3) is 5.14. The molecule has 0 saturated carbocycles. The number of para-hydroxylation sites is 2. The average molecular weight is 444 g/mol. The van der Waals surface area contributed by atoms with Gasteiger partial charge in [0.1, 0.15) is 6.54 Å². The molecule has 166 valence electrons. The highest BCUT2D eigenvalue weighted by atomic mass is 32.2. The summed E-state index contributed by atoms with van der Waals surface area (Å²) in [5.74, 6) is -0.240. The van der Waals surface area contributed by atoms with Crippen LogP contribution in [-0.4, -0.2) is 44.2 Å². The van der Waals surface area contributed by atoms with E-state index in [4.69, 9.17) is 0 Å². The molecule has 0 fully saturated rings. The number of hydrogen-bond donors (Lipinski definition) is 1. The molecule has 0 spiro atoms. The van der Waals surface area contributed by atoms with Gasteiger partial charge < -0.3 is 5.32 Å².